The van der Waals surface area contributed by atoms with Crippen molar-refractivity contribution in [1.82, 2.24) is 10.6 Å². The van der Waals surface area contributed by atoms with Crippen LogP contribution in [0.2, 0.25) is 0 Å². The van der Waals surface area contributed by atoms with E-state index in [0.717, 1.165) is 0 Å². The first-order valence-corrected chi connectivity index (χ1v) is 8.09. The van der Waals surface area contributed by atoms with Crippen molar-refractivity contribution < 1.29 is 31.9 Å². The second-order valence-corrected chi connectivity index (χ2v) is 6.37. The van der Waals surface area contributed by atoms with E-state index in [1.165, 1.54) is 19.2 Å². The van der Waals surface area contributed by atoms with Gasteiger partial charge in [0.25, 0.3) is 0 Å². The molecule has 0 aromatic heterocycles. The highest BCUT2D eigenvalue weighted by molar-refractivity contribution is 5.80. The Hall–Kier alpha value is -2.32. The van der Waals surface area contributed by atoms with Gasteiger partial charge in [0.15, 0.2) is 11.6 Å². The number of amides is 2. The van der Waals surface area contributed by atoms with Gasteiger partial charge in [-0.25, -0.2) is 4.39 Å². The van der Waals surface area contributed by atoms with E-state index in [-0.39, 0.29) is 30.9 Å². The van der Waals surface area contributed by atoms with Crippen LogP contribution in [0.15, 0.2) is 18.2 Å². The van der Waals surface area contributed by atoms with Crippen molar-refractivity contribution in [2.75, 3.05) is 13.7 Å². The summed E-state index contributed by atoms with van der Waals surface area (Å²) in [4.78, 5) is 23.4. The maximum atomic E-state index is 13.5. The van der Waals surface area contributed by atoms with Crippen molar-refractivity contribution in [1.29, 1.82) is 0 Å². The second-order valence-electron chi connectivity index (χ2n) is 6.37. The maximum Gasteiger partial charge on any atom is 0.405 e. The average molecular weight is 376 g/mol. The molecule has 1 aliphatic rings. The molecule has 2 amide bonds. The fourth-order valence-corrected chi connectivity index (χ4v) is 3.03. The van der Waals surface area contributed by atoms with Crippen molar-refractivity contribution in [3.63, 3.8) is 0 Å². The molecule has 26 heavy (non-hydrogen) atoms. The average Bonchev–Trinajstić information content (AvgIpc) is 2.93. The van der Waals surface area contributed by atoms with Crippen LogP contribution in [0, 0.1) is 5.82 Å². The van der Waals surface area contributed by atoms with Crippen LogP contribution in [0.25, 0.3) is 0 Å². The third kappa shape index (κ3) is 5.60. The summed E-state index contributed by atoms with van der Waals surface area (Å²) in [5.41, 5.74) is -0.0590. The highest BCUT2D eigenvalue weighted by atomic mass is 19.4. The molecule has 1 unspecified atom stereocenters. The van der Waals surface area contributed by atoms with Gasteiger partial charge in [0.2, 0.25) is 11.8 Å². The number of benzene rings is 1. The summed E-state index contributed by atoms with van der Waals surface area (Å²) in [5, 5.41) is 4.64. The highest BCUT2D eigenvalue weighted by Crippen LogP contribution is 2.31. The zero-order chi connectivity index (χ0) is 19.4. The van der Waals surface area contributed by atoms with Gasteiger partial charge >= 0.3 is 6.18 Å². The minimum Gasteiger partial charge on any atom is -0.494 e. The molecule has 0 aliphatic carbocycles. The Morgan fingerprint density at radius 3 is 2.69 bits per heavy atom. The Bertz CT molecular complexity index is 678. The van der Waals surface area contributed by atoms with Crippen LogP contribution in [0.1, 0.15) is 31.2 Å². The number of hydrogen-bond donors (Lipinski definition) is 2. The Labute approximate surface area is 148 Å². The van der Waals surface area contributed by atoms with E-state index in [1.807, 2.05) is 5.32 Å². The van der Waals surface area contributed by atoms with Crippen LogP contribution in [-0.2, 0) is 16.0 Å². The first-order chi connectivity index (χ1) is 12.1. The Balaban J connectivity index is 2.04. The minimum absolute atomic E-state index is 0.0601. The van der Waals surface area contributed by atoms with Crippen molar-refractivity contribution in [3.8, 4) is 5.75 Å². The van der Waals surface area contributed by atoms with E-state index in [2.05, 4.69) is 5.32 Å². The zero-order valence-corrected chi connectivity index (χ0v) is 14.2. The van der Waals surface area contributed by atoms with E-state index in [1.54, 1.807) is 6.07 Å². The fraction of sp³-hybridized carbons (Fsp3) is 0.529. The number of carbonyl (C=O) groups excluding carboxylic acids is 2. The molecule has 1 aromatic rings. The van der Waals surface area contributed by atoms with Crippen molar-refractivity contribution >= 4 is 11.8 Å². The molecule has 0 saturated carbocycles. The van der Waals surface area contributed by atoms with E-state index in [9.17, 15) is 27.2 Å². The molecule has 0 spiro atoms. The number of nitrogens with one attached hydrogen (secondary N) is 2. The van der Waals surface area contributed by atoms with Crippen molar-refractivity contribution in [2.45, 2.75) is 43.8 Å². The third-order valence-electron chi connectivity index (χ3n) is 4.31. The fourth-order valence-electron chi connectivity index (χ4n) is 3.03. The maximum absolute atomic E-state index is 13.5. The molecule has 2 N–H and O–H groups in total. The number of rotatable bonds is 7. The number of ether oxygens (including phenoxy) is 1. The molecule has 0 radical (unpaired) electrons. The van der Waals surface area contributed by atoms with Crippen LogP contribution >= 0.6 is 0 Å². The molecule has 1 atom stereocenters. The van der Waals surface area contributed by atoms with Gasteiger partial charge in [-0.2, -0.15) is 13.2 Å². The lowest BCUT2D eigenvalue weighted by molar-refractivity contribution is -0.138. The summed E-state index contributed by atoms with van der Waals surface area (Å²) in [6.45, 7) is -1.39. The molecule has 1 aliphatic heterocycles. The molecule has 144 valence electrons. The normalized spacial score (nSPS) is 20.0. The number of carbonyl (C=O) groups is 2. The second kappa shape index (κ2) is 7.92. The van der Waals surface area contributed by atoms with Gasteiger partial charge in [-0.15, -0.1) is 0 Å². The monoisotopic (exact) mass is 376 g/mol. The lowest BCUT2D eigenvalue weighted by Crippen LogP contribution is -2.45. The molecule has 1 heterocycles. The van der Waals surface area contributed by atoms with Gasteiger partial charge < -0.3 is 15.4 Å². The highest BCUT2D eigenvalue weighted by Gasteiger charge is 2.38. The van der Waals surface area contributed by atoms with Crippen LogP contribution in [-0.4, -0.2) is 37.2 Å². The summed E-state index contributed by atoms with van der Waals surface area (Å²) in [6, 6.07) is 4.30. The Morgan fingerprint density at radius 2 is 2.12 bits per heavy atom. The summed E-state index contributed by atoms with van der Waals surface area (Å²) >= 11 is 0. The van der Waals surface area contributed by atoms with Gasteiger partial charge in [0.1, 0.15) is 6.54 Å². The van der Waals surface area contributed by atoms with Gasteiger partial charge in [-0.1, -0.05) is 6.07 Å². The molecule has 0 bridgehead atoms. The molecule has 1 saturated heterocycles. The number of alkyl halides is 3. The van der Waals surface area contributed by atoms with Gasteiger partial charge in [0, 0.05) is 18.4 Å². The standard InChI is InChI=1S/C17H20F4N2O3/c1-26-13-8-11(2-3-12(13)18)9-16(7-5-15(25)23-16)6-4-14(24)22-10-17(19,20)21/h2-3,8H,4-7,9-10H2,1H3,(H,22,24)(H,23,25). The largest absolute Gasteiger partial charge is 0.494 e. The first-order valence-electron chi connectivity index (χ1n) is 8.09. The van der Waals surface area contributed by atoms with Gasteiger partial charge in [0.05, 0.1) is 7.11 Å². The Morgan fingerprint density at radius 1 is 1.38 bits per heavy atom. The lowest BCUT2D eigenvalue weighted by Gasteiger charge is -2.29. The van der Waals surface area contributed by atoms with E-state index < -0.39 is 30.0 Å². The van der Waals surface area contributed by atoms with Gasteiger partial charge in [-0.3, -0.25) is 9.59 Å². The molecule has 2 rings (SSSR count). The topological polar surface area (TPSA) is 67.4 Å². The molecular weight excluding hydrogens is 356 g/mol. The van der Waals surface area contributed by atoms with Crippen LogP contribution in [0.5, 0.6) is 5.75 Å². The van der Waals surface area contributed by atoms with Crippen LogP contribution in [0.3, 0.4) is 0 Å². The SMILES string of the molecule is COc1cc(CC2(CCC(=O)NCC(F)(F)F)CCC(=O)N2)ccc1F. The molecule has 1 fully saturated rings. The lowest BCUT2D eigenvalue weighted by atomic mass is 9.85. The quantitative estimate of drug-likeness (QED) is 0.719. The summed E-state index contributed by atoms with van der Waals surface area (Å²) in [5.74, 6) is -1.38. The van der Waals surface area contributed by atoms with Crippen LogP contribution in [0.4, 0.5) is 17.6 Å². The molecule has 5 nitrogen and oxygen atoms in total. The Kier molecular flexibility index (Phi) is 6.09. The summed E-state index contributed by atoms with van der Waals surface area (Å²) in [6.07, 6.45) is -3.42. The number of halogens is 4. The van der Waals surface area contributed by atoms with Crippen molar-refractivity contribution in [2.24, 2.45) is 0 Å². The number of methoxy groups -OCH3 is 1. The summed E-state index contributed by atoms with van der Waals surface area (Å²) in [7, 11) is 1.33. The number of hydrogen-bond acceptors (Lipinski definition) is 3. The summed E-state index contributed by atoms with van der Waals surface area (Å²) < 4.78 is 55.0. The molecular formula is C17H20F4N2O3. The molecule has 9 heteroatoms. The smallest absolute Gasteiger partial charge is 0.405 e. The minimum atomic E-state index is -4.47. The van der Waals surface area contributed by atoms with E-state index >= 15 is 0 Å². The predicted octanol–water partition coefficient (Wildman–Crippen LogP) is 2.48. The third-order valence-corrected chi connectivity index (χ3v) is 4.31. The van der Waals surface area contributed by atoms with Gasteiger partial charge in [-0.05, 0) is 37.0 Å². The molecule has 1 aromatic carbocycles. The van der Waals surface area contributed by atoms with E-state index in [4.69, 9.17) is 4.74 Å². The van der Waals surface area contributed by atoms with Crippen LogP contribution < -0.4 is 15.4 Å². The first kappa shape index (κ1) is 20.0. The van der Waals surface area contributed by atoms with Crippen molar-refractivity contribution in [3.05, 3.63) is 29.6 Å². The zero-order valence-electron chi connectivity index (χ0n) is 14.2. The predicted molar refractivity (Wildman–Crippen MR) is 85.1 cm³/mol. The van der Waals surface area contributed by atoms with E-state index in [0.29, 0.717) is 18.4 Å².